The lowest BCUT2D eigenvalue weighted by molar-refractivity contribution is 1.54. The van der Waals surface area contributed by atoms with Gasteiger partial charge in [0.1, 0.15) is 0 Å². The Morgan fingerprint density at radius 3 is 1.29 bits per heavy atom. The molecular formula is C30H23N. The number of hydrogen-bond acceptors (Lipinski definition) is 1. The molecule has 31 heavy (non-hydrogen) atoms. The van der Waals surface area contributed by atoms with Crippen molar-refractivity contribution in [3.63, 3.8) is 0 Å². The van der Waals surface area contributed by atoms with Gasteiger partial charge in [0, 0.05) is 11.3 Å². The summed E-state index contributed by atoms with van der Waals surface area (Å²) in [5.41, 5.74) is 16.6. The number of nitrogen functional groups attached to an aromatic ring is 1. The van der Waals surface area contributed by atoms with Crippen molar-refractivity contribution in [3.8, 4) is 44.5 Å². The molecule has 0 saturated carbocycles. The van der Waals surface area contributed by atoms with E-state index in [-0.39, 0.29) is 0 Å². The lowest BCUT2D eigenvalue weighted by Gasteiger charge is -2.21. The molecule has 0 aliphatic heterocycles. The first kappa shape index (κ1) is 18.9. The van der Waals surface area contributed by atoms with Gasteiger partial charge in [0.05, 0.1) is 0 Å². The number of anilines is 1. The average Bonchev–Trinajstić information content (AvgIpc) is 2.85. The Balaban J connectivity index is 1.92. The third-order valence-corrected chi connectivity index (χ3v) is 5.67. The van der Waals surface area contributed by atoms with E-state index in [1.165, 1.54) is 33.4 Å². The number of nitrogens with two attached hydrogens (primary N) is 1. The number of hydrogen-bond donors (Lipinski definition) is 1. The van der Waals surface area contributed by atoms with Crippen LogP contribution in [-0.2, 0) is 0 Å². The van der Waals surface area contributed by atoms with E-state index in [1.807, 2.05) is 18.2 Å². The minimum atomic E-state index is 0.783. The van der Waals surface area contributed by atoms with Crippen LogP contribution in [0.1, 0.15) is 0 Å². The molecule has 0 aromatic heterocycles. The van der Waals surface area contributed by atoms with Gasteiger partial charge in [-0.15, -0.1) is 0 Å². The lowest BCUT2D eigenvalue weighted by atomic mass is 9.82. The van der Waals surface area contributed by atoms with Crippen molar-refractivity contribution in [2.45, 2.75) is 0 Å². The van der Waals surface area contributed by atoms with Crippen LogP contribution in [0.25, 0.3) is 44.5 Å². The first-order chi connectivity index (χ1) is 15.3. The maximum atomic E-state index is 6.44. The van der Waals surface area contributed by atoms with Gasteiger partial charge < -0.3 is 5.73 Å². The van der Waals surface area contributed by atoms with Crippen LogP contribution in [0, 0.1) is 0 Å². The molecule has 0 fully saturated rings. The zero-order valence-electron chi connectivity index (χ0n) is 17.2. The standard InChI is InChI=1S/C30H23N/c31-28-19-11-10-18-26(28)27-21-20-25(22-12-4-1-5-13-22)29(23-14-6-2-7-15-23)30(27)24-16-8-3-9-17-24/h1-21H,31H2. The van der Waals surface area contributed by atoms with Crippen LogP contribution >= 0.6 is 0 Å². The second-order valence-electron chi connectivity index (χ2n) is 7.60. The van der Waals surface area contributed by atoms with E-state index in [0.717, 1.165) is 16.8 Å². The van der Waals surface area contributed by atoms with Crippen molar-refractivity contribution in [2.75, 3.05) is 5.73 Å². The highest BCUT2D eigenvalue weighted by Gasteiger charge is 2.19. The summed E-state index contributed by atoms with van der Waals surface area (Å²) >= 11 is 0. The topological polar surface area (TPSA) is 26.0 Å². The Hall–Kier alpha value is -4.10. The highest BCUT2D eigenvalue weighted by Crippen LogP contribution is 2.46. The molecule has 0 unspecified atom stereocenters. The van der Waals surface area contributed by atoms with Crippen molar-refractivity contribution in [3.05, 3.63) is 127 Å². The number of rotatable bonds is 4. The third-order valence-electron chi connectivity index (χ3n) is 5.67. The maximum absolute atomic E-state index is 6.44. The van der Waals surface area contributed by atoms with Crippen molar-refractivity contribution in [1.82, 2.24) is 0 Å². The smallest absolute Gasteiger partial charge is 0.0393 e. The van der Waals surface area contributed by atoms with Gasteiger partial charge in [-0.3, -0.25) is 0 Å². The van der Waals surface area contributed by atoms with Gasteiger partial charge in [0.15, 0.2) is 0 Å². The minimum absolute atomic E-state index is 0.783. The molecule has 5 aromatic rings. The highest BCUT2D eigenvalue weighted by atomic mass is 14.6. The molecule has 2 N–H and O–H groups in total. The number of benzene rings is 5. The Kier molecular flexibility index (Phi) is 5.08. The van der Waals surface area contributed by atoms with Crippen molar-refractivity contribution in [1.29, 1.82) is 0 Å². The predicted molar refractivity (Wildman–Crippen MR) is 133 cm³/mol. The zero-order chi connectivity index (χ0) is 21.0. The first-order valence-electron chi connectivity index (χ1n) is 10.5. The van der Waals surface area contributed by atoms with Crippen molar-refractivity contribution < 1.29 is 0 Å². The Bertz CT molecular complexity index is 1310. The molecule has 0 heterocycles. The van der Waals surface area contributed by atoms with Crippen LogP contribution in [0.3, 0.4) is 0 Å². The summed E-state index contributed by atoms with van der Waals surface area (Å²) in [6, 6.07) is 44.4. The summed E-state index contributed by atoms with van der Waals surface area (Å²) in [6.45, 7) is 0. The highest BCUT2D eigenvalue weighted by molar-refractivity contribution is 6.02. The largest absolute Gasteiger partial charge is 0.398 e. The van der Waals surface area contributed by atoms with Crippen LogP contribution in [0.4, 0.5) is 5.69 Å². The van der Waals surface area contributed by atoms with Crippen LogP contribution in [0.2, 0.25) is 0 Å². The second-order valence-corrected chi connectivity index (χ2v) is 7.60. The Morgan fingerprint density at radius 2 is 0.742 bits per heavy atom. The second kappa shape index (κ2) is 8.33. The minimum Gasteiger partial charge on any atom is -0.398 e. The molecule has 0 amide bonds. The van der Waals surface area contributed by atoms with Crippen LogP contribution in [0.5, 0.6) is 0 Å². The molecule has 0 spiro atoms. The van der Waals surface area contributed by atoms with Gasteiger partial charge in [-0.25, -0.2) is 0 Å². The summed E-state index contributed by atoms with van der Waals surface area (Å²) in [6.07, 6.45) is 0. The van der Waals surface area contributed by atoms with Gasteiger partial charge >= 0.3 is 0 Å². The van der Waals surface area contributed by atoms with E-state index < -0.39 is 0 Å². The molecule has 0 radical (unpaired) electrons. The molecule has 5 aromatic carbocycles. The summed E-state index contributed by atoms with van der Waals surface area (Å²) in [5, 5.41) is 0. The fourth-order valence-corrected chi connectivity index (χ4v) is 4.24. The van der Waals surface area contributed by atoms with Gasteiger partial charge in [-0.1, -0.05) is 121 Å². The predicted octanol–water partition coefficient (Wildman–Crippen LogP) is 7.94. The SMILES string of the molecule is Nc1ccccc1-c1ccc(-c2ccccc2)c(-c2ccccc2)c1-c1ccccc1. The molecule has 0 saturated heterocycles. The quantitative estimate of drug-likeness (QED) is 0.306. The van der Waals surface area contributed by atoms with Gasteiger partial charge in [0.2, 0.25) is 0 Å². The average molecular weight is 398 g/mol. The van der Waals surface area contributed by atoms with E-state index in [4.69, 9.17) is 5.73 Å². The summed E-state index contributed by atoms with van der Waals surface area (Å²) in [5.74, 6) is 0. The Labute approximate surface area is 183 Å². The molecule has 0 aliphatic rings. The third kappa shape index (κ3) is 3.62. The molecule has 0 aliphatic carbocycles. The van der Waals surface area contributed by atoms with E-state index in [0.29, 0.717) is 0 Å². The number of para-hydroxylation sites is 1. The van der Waals surface area contributed by atoms with Gasteiger partial charge in [-0.2, -0.15) is 0 Å². The monoisotopic (exact) mass is 397 g/mol. The molecule has 5 rings (SSSR count). The van der Waals surface area contributed by atoms with E-state index in [1.54, 1.807) is 0 Å². The zero-order valence-corrected chi connectivity index (χ0v) is 17.2. The van der Waals surface area contributed by atoms with E-state index in [2.05, 4.69) is 109 Å². The van der Waals surface area contributed by atoms with E-state index >= 15 is 0 Å². The van der Waals surface area contributed by atoms with Crippen LogP contribution in [0.15, 0.2) is 127 Å². The molecule has 0 bridgehead atoms. The molecule has 0 atom stereocenters. The van der Waals surface area contributed by atoms with Gasteiger partial charge in [0.25, 0.3) is 0 Å². The summed E-state index contributed by atoms with van der Waals surface area (Å²) in [4.78, 5) is 0. The fourth-order valence-electron chi connectivity index (χ4n) is 4.24. The van der Waals surface area contributed by atoms with Gasteiger partial charge in [-0.05, 0) is 45.0 Å². The molecule has 1 nitrogen and oxygen atoms in total. The summed E-state index contributed by atoms with van der Waals surface area (Å²) in [7, 11) is 0. The van der Waals surface area contributed by atoms with Crippen LogP contribution in [-0.4, -0.2) is 0 Å². The Morgan fingerprint density at radius 1 is 0.323 bits per heavy atom. The fraction of sp³-hybridized carbons (Fsp3) is 0. The molecule has 148 valence electrons. The summed E-state index contributed by atoms with van der Waals surface area (Å²) < 4.78 is 0. The van der Waals surface area contributed by atoms with Crippen LogP contribution < -0.4 is 5.73 Å². The lowest BCUT2D eigenvalue weighted by Crippen LogP contribution is -1.96. The molecular weight excluding hydrogens is 374 g/mol. The van der Waals surface area contributed by atoms with Crippen molar-refractivity contribution in [2.24, 2.45) is 0 Å². The first-order valence-corrected chi connectivity index (χ1v) is 10.5. The normalized spacial score (nSPS) is 10.7. The molecule has 1 heteroatoms. The van der Waals surface area contributed by atoms with Crippen molar-refractivity contribution >= 4 is 5.69 Å². The van der Waals surface area contributed by atoms with E-state index in [9.17, 15) is 0 Å². The maximum Gasteiger partial charge on any atom is 0.0393 e.